The van der Waals surface area contributed by atoms with Crippen molar-refractivity contribution in [2.24, 2.45) is 0 Å². The second kappa shape index (κ2) is 11.1. The van der Waals surface area contributed by atoms with E-state index in [4.69, 9.17) is 25.8 Å². The van der Waals surface area contributed by atoms with Crippen LogP contribution in [0.25, 0.3) is 0 Å². The average molecular weight is 499 g/mol. The Hall–Kier alpha value is -2.45. The van der Waals surface area contributed by atoms with Crippen LogP contribution in [0.15, 0.2) is 72.8 Å². The molecule has 5 atom stereocenters. The molecule has 1 fully saturated rings. The number of methoxy groups -OCH3 is 1. The van der Waals surface area contributed by atoms with Crippen LogP contribution in [0.4, 0.5) is 0 Å². The minimum atomic E-state index is -1.63. The van der Waals surface area contributed by atoms with E-state index >= 15 is 0 Å². The molecular weight excluding hydrogens is 468 g/mol. The van der Waals surface area contributed by atoms with Gasteiger partial charge in [0, 0.05) is 17.7 Å². The SMILES string of the molecule is CC[C@H]1O[C@@](OC)(c2ccc(Cl)c(Cc3ccc(OCc4ccccc4)cc3)c2)[C@H](O)[C@@H](O)[C@@H]1O. The van der Waals surface area contributed by atoms with Gasteiger partial charge in [0.1, 0.15) is 30.7 Å². The van der Waals surface area contributed by atoms with Gasteiger partial charge in [-0.05, 0) is 53.8 Å². The minimum absolute atomic E-state index is 0.440. The number of ether oxygens (including phenoxy) is 3. The van der Waals surface area contributed by atoms with E-state index in [2.05, 4.69) is 0 Å². The summed E-state index contributed by atoms with van der Waals surface area (Å²) in [4.78, 5) is 0. The molecule has 6 nitrogen and oxygen atoms in total. The molecule has 1 aliphatic rings. The van der Waals surface area contributed by atoms with Crippen LogP contribution in [0.5, 0.6) is 5.75 Å². The van der Waals surface area contributed by atoms with Crippen LogP contribution >= 0.6 is 11.6 Å². The normalized spacial score (nSPS) is 26.5. The Bertz CT molecular complexity index is 1100. The smallest absolute Gasteiger partial charge is 0.224 e. The highest BCUT2D eigenvalue weighted by Crippen LogP contribution is 2.41. The number of benzene rings is 3. The first-order chi connectivity index (χ1) is 16.9. The maximum absolute atomic E-state index is 10.8. The number of rotatable bonds is 8. The number of hydrogen-bond donors (Lipinski definition) is 3. The minimum Gasteiger partial charge on any atom is -0.489 e. The molecule has 0 unspecified atom stereocenters. The monoisotopic (exact) mass is 498 g/mol. The van der Waals surface area contributed by atoms with Crippen LogP contribution in [0.3, 0.4) is 0 Å². The summed E-state index contributed by atoms with van der Waals surface area (Å²) in [5, 5.41) is 32.1. The van der Waals surface area contributed by atoms with Crippen molar-refractivity contribution in [2.45, 2.75) is 56.6 Å². The largest absolute Gasteiger partial charge is 0.489 e. The molecule has 0 spiro atoms. The first-order valence-corrected chi connectivity index (χ1v) is 12.1. The summed E-state index contributed by atoms with van der Waals surface area (Å²) >= 11 is 6.51. The van der Waals surface area contributed by atoms with Gasteiger partial charge in [-0.25, -0.2) is 0 Å². The average Bonchev–Trinajstić information content (AvgIpc) is 2.89. The molecule has 186 valence electrons. The van der Waals surface area contributed by atoms with Gasteiger partial charge in [-0.2, -0.15) is 0 Å². The topological polar surface area (TPSA) is 88.4 Å². The second-order valence-corrected chi connectivity index (χ2v) is 9.17. The predicted molar refractivity (Wildman–Crippen MR) is 133 cm³/mol. The van der Waals surface area contributed by atoms with Gasteiger partial charge in [-0.3, -0.25) is 0 Å². The zero-order valence-electron chi connectivity index (χ0n) is 19.8. The Morgan fingerprint density at radius 1 is 0.914 bits per heavy atom. The third-order valence-electron chi connectivity index (χ3n) is 6.49. The van der Waals surface area contributed by atoms with E-state index in [9.17, 15) is 15.3 Å². The van der Waals surface area contributed by atoms with Gasteiger partial charge in [0.15, 0.2) is 0 Å². The van der Waals surface area contributed by atoms with Gasteiger partial charge in [0.05, 0.1) is 6.10 Å². The Labute approximate surface area is 210 Å². The van der Waals surface area contributed by atoms with E-state index < -0.39 is 30.2 Å². The van der Waals surface area contributed by atoms with E-state index in [1.807, 2.05) is 67.6 Å². The van der Waals surface area contributed by atoms with E-state index in [-0.39, 0.29) is 0 Å². The molecule has 0 aliphatic carbocycles. The summed E-state index contributed by atoms with van der Waals surface area (Å²) in [6.45, 7) is 2.33. The maximum atomic E-state index is 10.8. The van der Waals surface area contributed by atoms with Crippen molar-refractivity contribution >= 4 is 11.6 Å². The molecule has 0 radical (unpaired) electrons. The van der Waals surface area contributed by atoms with Crippen LogP contribution in [0.1, 0.15) is 35.6 Å². The highest BCUT2D eigenvalue weighted by atomic mass is 35.5. The zero-order chi connectivity index (χ0) is 25.0. The van der Waals surface area contributed by atoms with Crippen molar-refractivity contribution in [2.75, 3.05) is 7.11 Å². The van der Waals surface area contributed by atoms with Gasteiger partial charge < -0.3 is 29.5 Å². The summed E-state index contributed by atoms with van der Waals surface area (Å²) in [7, 11) is 1.41. The van der Waals surface area contributed by atoms with Crippen LogP contribution in [-0.2, 0) is 28.3 Å². The van der Waals surface area contributed by atoms with Crippen molar-refractivity contribution in [1.29, 1.82) is 0 Å². The lowest BCUT2D eigenvalue weighted by Crippen LogP contribution is -2.63. The lowest BCUT2D eigenvalue weighted by atomic mass is 9.86. The summed E-state index contributed by atoms with van der Waals surface area (Å²) in [6, 6.07) is 23.0. The molecule has 0 bridgehead atoms. The van der Waals surface area contributed by atoms with Crippen LogP contribution in [-0.4, -0.2) is 46.8 Å². The molecule has 4 rings (SSSR count). The van der Waals surface area contributed by atoms with Gasteiger partial charge in [0.2, 0.25) is 5.79 Å². The zero-order valence-corrected chi connectivity index (χ0v) is 20.6. The molecule has 0 amide bonds. The van der Waals surface area contributed by atoms with Crippen molar-refractivity contribution in [1.82, 2.24) is 0 Å². The van der Waals surface area contributed by atoms with Crippen LogP contribution in [0, 0.1) is 0 Å². The Balaban J connectivity index is 1.53. The van der Waals surface area contributed by atoms with Gasteiger partial charge in [-0.1, -0.05) is 67.1 Å². The molecule has 1 saturated heterocycles. The third-order valence-corrected chi connectivity index (χ3v) is 6.86. The van der Waals surface area contributed by atoms with Gasteiger partial charge in [0.25, 0.3) is 0 Å². The highest BCUT2D eigenvalue weighted by molar-refractivity contribution is 6.31. The summed E-state index contributed by atoms with van der Waals surface area (Å²) in [5.41, 5.74) is 3.44. The van der Waals surface area contributed by atoms with Crippen molar-refractivity contribution in [3.05, 3.63) is 100 Å². The standard InChI is InChI=1S/C28H31ClO6/c1-3-24-25(30)26(31)27(32)28(33-2,35-24)21-11-14-23(29)20(16-21)15-18-9-12-22(13-10-18)34-17-19-7-5-4-6-8-19/h4-14,16,24-27,30-32H,3,15,17H2,1-2H3/t24-,25-,26+,27-,28+/m1/s1. The number of aliphatic hydroxyl groups excluding tert-OH is 3. The number of hydrogen-bond acceptors (Lipinski definition) is 6. The summed E-state index contributed by atoms with van der Waals surface area (Å²) in [5.74, 6) is -0.860. The predicted octanol–water partition coefficient (Wildman–Crippen LogP) is 4.20. The van der Waals surface area contributed by atoms with Crippen LogP contribution < -0.4 is 4.74 Å². The maximum Gasteiger partial charge on any atom is 0.224 e. The van der Waals surface area contributed by atoms with Crippen molar-refractivity contribution in [3.63, 3.8) is 0 Å². The second-order valence-electron chi connectivity index (χ2n) is 8.76. The molecule has 35 heavy (non-hydrogen) atoms. The molecule has 1 aliphatic heterocycles. The Morgan fingerprint density at radius 3 is 2.29 bits per heavy atom. The molecule has 0 aromatic heterocycles. The molecule has 0 saturated carbocycles. The highest BCUT2D eigenvalue weighted by Gasteiger charge is 2.54. The van der Waals surface area contributed by atoms with Gasteiger partial charge >= 0.3 is 0 Å². The molecule has 3 aromatic carbocycles. The first kappa shape index (κ1) is 25.6. The summed E-state index contributed by atoms with van der Waals surface area (Å²) < 4.78 is 17.6. The van der Waals surface area contributed by atoms with Crippen molar-refractivity contribution in [3.8, 4) is 5.75 Å². The third kappa shape index (κ3) is 5.38. The molecule has 3 N–H and O–H groups in total. The number of halogens is 1. The van der Waals surface area contributed by atoms with E-state index in [0.717, 1.165) is 22.4 Å². The Kier molecular flexibility index (Phi) is 8.12. The molecular formula is C28H31ClO6. The summed E-state index contributed by atoms with van der Waals surface area (Å²) in [6.07, 6.45) is -3.85. The lowest BCUT2D eigenvalue weighted by molar-refractivity contribution is -0.363. The molecule has 7 heteroatoms. The fraction of sp³-hybridized carbons (Fsp3) is 0.357. The van der Waals surface area contributed by atoms with E-state index in [1.54, 1.807) is 12.1 Å². The first-order valence-electron chi connectivity index (χ1n) is 11.7. The fourth-order valence-electron chi connectivity index (χ4n) is 4.44. The number of aliphatic hydroxyl groups is 3. The van der Waals surface area contributed by atoms with E-state index in [0.29, 0.717) is 30.0 Å². The van der Waals surface area contributed by atoms with Gasteiger partial charge in [-0.15, -0.1) is 0 Å². The van der Waals surface area contributed by atoms with Crippen LogP contribution in [0.2, 0.25) is 5.02 Å². The lowest BCUT2D eigenvalue weighted by Gasteiger charge is -2.48. The Morgan fingerprint density at radius 2 is 1.63 bits per heavy atom. The molecule has 3 aromatic rings. The van der Waals surface area contributed by atoms with E-state index in [1.165, 1.54) is 7.11 Å². The quantitative estimate of drug-likeness (QED) is 0.431. The van der Waals surface area contributed by atoms with Crippen molar-refractivity contribution < 1.29 is 29.5 Å². The fourth-order valence-corrected chi connectivity index (χ4v) is 4.62. The molecule has 1 heterocycles.